The second kappa shape index (κ2) is 7.11. The summed E-state index contributed by atoms with van der Waals surface area (Å²) in [6, 6.07) is 10.8. The van der Waals surface area contributed by atoms with Crippen molar-refractivity contribution in [2.75, 3.05) is 33.4 Å². The summed E-state index contributed by atoms with van der Waals surface area (Å²) in [6.45, 7) is 3.49. The maximum Gasteiger partial charge on any atom is 0.169 e. The van der Waals surface area contributed by atoms with E-state index in [0.717, 1.165) is 37.6 Å². The predicted octanol–water partition coefficient (Wildman–Crippen LogP) is 2.87. The molecule has 2 N–H and O–H groups in total. The van der Waals surface area contributed by atoms with Crippen LogP contribution in [0.25, 0.3) is 10.9 Å². The highest BCUT2D eigenvalue weighted by atomic mass is 32.1. The molecule has 2 aromatic rings. The van der Waals surface area contributed by atoms with Gasteiger partial charge in [0.25, 0.3) is 0 Å². The number of aromatic amines is 1. The number of fused-ring (bicyclic) bond motifs is 1. The standard InChI is InChI=1S/C17H23N3OS/c1-21-11-8-18-17(22)20-9-6-13(7-10-20)16-12-14-4-2-3-5-15(14)19-16/h2-5,12-13,19H,6-11H2,1H3,(H,18,22). The van der Waals surface area contributed by atoms with E-state index in [9.17, 15) is 0 Å². The molecule has 0 atom stereocenters. The minimum absolute atomic E-state index is 0.602. The number of thiocarbonyl (C=S) groups is 1. The fraction of sp³-hybridized carbons (Fsp3) is 0.471. The molecular formula is C17H23N3OS. The fourth-order valence-electron chi connectivity index (χ4n) is 3.08. The smallest absolute Gasteiger partial charge is 0.169 e. The fourth-order valence-corrected chi connectivity index (χ4v) is 3.37. The molecule has 1 aliphatic heterocycles. The van der Waals surface area contributed by atoms with Crippen LogP contribution < -0.4 is 5.32 Å². The number of rotatable bonds is 4. The molecule has 1 aliphatic rings. The molecule has 0 spiro atoms. The molecule has 1 aromatic carbocycles. The Balaban J connectivity index is 1.56. The minimum atomic E-state index is 0.602. The second-order valence-corrected chi connectivity index (χ2v) is 6.18. The van der Waals surface area contributed by atoms with Crippen LogP contribution >= 0.6 is 12.2 Å². The molecule has 0 radical (unpaired) electrons. The van der Waals surface area contributed by atoms with Gasteiger partial charge in [-0.25, -0.2) is 0 Å². The number of nitrogens with zero attached hydrogens (tertiary/aromatic N) is 1. The lowest BCUT2D eigenvalue weighted by Gasteiger charge is -2.33. The van der Waals surface area contributed by atoms with Gasteiger partial charge in [-0.15, -0.1) is 0 Å². The van der Waals surface area contributed by atoms with Gasteiger partial charge in [-0.2, -0.15) is 0 Å². The van der Waals surface area contributed by atoms with E-state index in [4.69, 9.17) is 17.0 Å². The van der Waals surface area contributed by atoms with Gasteiger partial charge in [0.15, 0.2) is 5.11 Å². The van der Waals surface area contributed by atoms with E-state index >= 15 is 0 Å². The van der Waals surface area contributed by atoms with E-state index in [1.54, 1.807) is 7.11 Å². The first-order chi connectivity index (χ1) is 10.8. The van der Waals surface area contributed by atoms with Crippen LogP contribution in [0.4, 0.5) is 0 Å². The van der Waals surface area contributed by atoms with E-state index in [1.165, 1.54) is 16.6 Å². The molecule has 1 saturated heterocycles. The predicted molar refractivity (Wildman–Crippen MR) is 94.3 cm³/mol. The molecule has 0 amide bonds. The zero-order valence-electron chi connectivity index (χ0n) is 13.0. The van der Waals surface area contributed by atoms with Crippen molar-refractivity contribution in [3.05, 3.63) is 36.0 Å². The van der Waals surface area contributed by atoms with Crippen LogP contribution in [-0.2, 0) is 4.74 Å². The lowest BCUT2D eigenvalue weighted by molar-refractivity contribution is 0.202. The number of aromatic nitrogens is 1. The van der Waals surface area contributed by atoms with E-state index in [-0.39, 0.29) is 0 Å². The monoisotopic (exact) mass is 317 g/mol. The zero-order chi connectivity index (χ0) is 15.4. The van der Waals surface area contributed by atoms with Crippen molar-refractivity contribution in [2.24, 2.45) is 0 Å². The molecule has 1 fully saturated rings. The number of piperidine rings is 1. The van der Waals surface area contributed by atoms with Crippen molar-refractivity contribution in [1.82, 2.24) is 15.2 Å². The number of hydrogen-bond donors (Lipinski definition) is 2. The summed E-state index contributed by atoms with van der Waals surface area (Å²) in [7, 11) is 1.70. The minimum Gasteiger partial charge on any atom is -0.383 e. The summed E-state index contributed by atoms with van der Waals surface area (Å²) >= 11 is 5.45. The number of likely N-dealkylation sites (tertiary alicyclic amines) is 1. The lowest BCUT2D eigenvalue weighted by atomic mass is 9.94. The van der Waals surface area contributed by atoms with Crippen LogP contribution in [-0.4, -0.2) is 48.3 Å². The first-order valence-electron chi connectivity index (χ1n) is 7.87. The molecule has 2 heterocycles. The summed E-state index contributed by atoms with van der Waals surface area (Å²) in [4.78, 5) is 5.84. The third-order valence-corrected chi connectivity index (χ3v) is 4.76. The summed E-state index contributed by atoms with van der Waals surface area (Å²) in [5.41, 5.74) is 2.59. The van der Waals surface area contributed by atoms with E-state index < -0.39 is 0 Å². The molecule has 118 valence electrons. The number of hydrogen-bond acceptors (Lipinski definition) is 2. The molecule has 0 unspecified atom stereocenters. The van der Waals surface area contributed by atoms with Gasteiger partial charge in [-0.05, 0) is 42.6 Å². The van der Waals surface area contributed by atoms with Gasteiger partial charge >= 0.3 is 0 Å². The first-order valence-corrected chi connectivity index (χ1v) is 8.28. The molecule has 0 aliphatic carbocycles. The average Bonchev–Trinajstić information content (AvgIpc) is 2.99. The Morgan fingerprint density at radius 1 is 1.36 bits per heavy atom. The normalized spacial score (nSPS) is 16.1. The quantitative estimate of drug-likeness (QED) is 0.672. The van der Waals surface area contributed by atoms with Gasteiger partial charge in [0.2, 0.25) is 0 Å². The summed E-state index contributed by atoms with van der Waals surface area (Å²) in [5.74, 6) is 0.602. The van der Waals surface area contributed by atoms with Gasteiger partial charge in [-0.3, -0.25) is 0 Å². The van der Waals surface area contributed by atoms with E-state index in [1.807, 2.05) is 0 Å². The number of para-hydroxylation sites is 1. The van der Waals surface area contributed by atoms with Crippen LogP contribution in [0.5, 0.6) is 0 Å². The molecule has 1 aromatic heterocycles. The summed E-state index contributed by atoms with van der Waals surface area (Å²) in [6.07, 6.45) is 2.28. The Hall–Kier alpha value is -1.59. The van der Waals surface area contributed by atoms with E-state index in [2.05, 4.69) is 45.5 Å². The Bertz CT molecular complexity index is 599. The topological polar surface area (TPSA) is 40.3 Å². The van der Waals surface area contributed by atoms with Gasteiger partial charge < -0.3 is 19.9 Å². The molecular weight excluding hydrogens is 294 g/mol. The number of ether oxygens (including phenoxy) is 1. The largest absolute Gasteiger partial charge is 0.383 e. The molecule has 22 heavy (non-hydrogen) atoms. The maximum atomic E-state index is 5.45. The van der Waals surface area contributed by atoms with Crippen molar-refractivity contribution in [1.29, 1.82) is 0 Å². The van der Waals surface area contributed by atoms with Crippen LogP contribution in [0.15, 0.2) is 30.3 Å². The Labute approximate surface area is 136 Å². The maximum absolute atomic E-state index is 5.45. The molecule has 3 rings (SSSR count). The lowest BCUT2D eigenvalue weighted by Crippen LogP contribution is -2.44. The van der Waals surface area contributed by atoms with Crippen LogP contribution in [0.2, 0.25) is 0 Å². The average molecular weight is 317 g/mol. The third kappa shape index (κ3) is 3.42. The molecule has 0 bridgehead atoms. The summed E-state index contributed by atoms with van der Waals surface area (Å²) in [5, 5.41) is 5.41. The zero-order valence-corrected chi connectivity index (χ0v) is 13.8. The highest BCUT2D eigenvalue weighted by Gasteiger charge is 2.23. The molecule has 0 saturated carbocycles. The van der Waals surface area contributed by atoms with Crippen molar-refractivity contribution < 1.29 is 4.74 Å². The summed E-state index contributed by atoms with van der Waals surface area (Å²) < 4.78 is 5.04. The highest BCUT2D eigenvalue weighted by Crippen LogP contribution is 2.29. The molecule has 5 heteroatoms. The first kappa shape index (κ1) is 15.3. The third-order valence-electron chi connectivity index (χ3n) is 4.36. The highest BCUT2D eigenvalue weighted by molar-refractivity contribution is 7.80. The Kier molecular flexibility index (Phi) is 4.95. The van der Waals surface area contributed by atoms with Crippen molar-refractivity contribution in [2.45, 2.75) is 18.8 Å². The number of methoxy groups -OCH3 is 1. The number of H-pyrrole nitrogens is 1. The van der Waals surface area contributed by atoms with Crippen LogP contribution in [0.3, 0.4) is 0 Å². The van der Waals surface area contributed by atoms with Gasteiger partial charge in [0.1, 0.15) is 0 Å². The second-order valence-electron chi connectivity index (χ2n) is 5.80. The van der Waals surface area contributed by atoms with E-state index in [0.29, 0.717) is 12.5 Å². The van der Waals surface area contributed by atoms with Gasteiger partial charge in [0, 0.05) is 43.9 Å². The molecule has 4 nitrogen and oxygen atoms in total. The van der Waals surface area contributed by atoms with Crippen molar-refractivity contribution in [3.63, 3.8) is 0 Å². The van der Waals surface area contributed by atoms with Gasteiger partial charge in [0.05, 0.1) is 6.61 Å². The SMILES string of the molecule is COCCNC(=S)N1CCC(c2cc3ccccc3[nH]2)CC1. The Morgan fingerprint density at radius 2 is 2.14 bits per heavy atom. The van der Waals surface area contributed by atoms with Crippen molar-refractivity contribution >= 4 is 28.2 Å². The van der Waals surface area contributed by atoms with Crippen molar-refractivity contribution in [3.8, 4) is 0 Å². The van der Waals surface area contributed by atoms with Gasteiger partial charge in [-0.1, -0.05) is 18.2 Å². The van der Waals surface area contributed by atoms with Crippen LogP contribution in [0.1, 0.15) is 24.5 Å². The number of benzene rings is 1. The van der Waals surface area contributed by atoms with Crippen LogP contribution in [0, 0.1) is 0 Å². The Morgan fingerprint density at radius 3 is 2.86 bits per heavy atom. The number of nitrogens with one attached hydrogen (secondary N) is 2.